The summed E-state index contributed by atoms with van der Waals surface area (Å²) in [6.07, 6.45) is 2.77. The Kier molecular flexibility index (Phi) is 3.60. The van der Waals surface area contributed by atoms with Gasteiger partial charge in [0.25, 0.3) is 5.91 Å². The smallest absolute Gasteiger partial charge is 0.251 e. The minimum Gasteiger partial charge on any atom is -0.345 e. The third-order valence-electron chi connectivity index (χ3n) is 5.06. The molecule has 1 heterocycles. The number of rotatable bonds is 2. The molecular formula is C20H20N2O2. The van der Waals surface area contributed by atoms with Crippen molar-refractivity contribution in [2.45, 2.75) is 32.2 Å². The molecule has 24 heavy (non-hydrogen) atoms. The lowest BCUT2D eigenvalue weighted by molar-refractivity contribution is -0.116. The molecule has 0 radical (unpaired) electrons. The molecule has 122 valence electrons. The van der Waals surface area contributed by atoms with E-state index in [-0.39, 0.29) is 17.9 Å². The van der Waals surface area contributed by atoms with Gasteiger partial charge in [-0.25, -0.2) is 0 Å². The van der Waals surface area contributed by atoms with Crippen molar-refractivity contribution in [2.24, 2.45) is 0 Å². The van der Waals surface area contributed by atoms with Crippen molar-refractivity contribution >= 4 is 17.5 Å². The number of nitrogens with one attached hydrogen (secondary N) is 1. The van der Waals surface area contributed by atoms with Gasteiger partial charge in [-0.3, -0.25) is 9.59 Å². The van der Waals surface area contributed by atoms with Gasteiger partial charge < -0.3 is 10.2 Å². The summed E-state index contributed by atoms with van der Waals surface area (Å²) in [6, 6.07) is 14.0. The SMILES string of the molecule is CC(=O)N1CCc2cc(C(=O)NC3CCc4ccccc43)ccc21. The van der Waals surface area contributed by atoms with Crippen molar-refractivity contribution in [3.05, 3.63) is 64.7 Å². The molecule has 2 amide bonds. The molecule has 4 heteroatoms. The zero-order valence-electron chi connectivity index (χ0n) is 13.7. The van der Waals surface area contributed by atoms with E-state index in [9.17, 15) is 9.59 Å². The van der Waals surface area contributed by atoms with Gasteiger partial charge in [0.1, 0.15) is 0 Å². The Bertz CT molecular complexity index is 828. The van der Waals surface area contributed by atoms with Gasteiger partial charge in [-0.15, -0.1) is 0 Å². The quantitative estimate of drug-likeness (QED) is 0.925. The van der Waals surface area contributed by atoms with Gasteiger partial charge in [0.2, 0.25) is 5.91 Å². The van der Waals surface area contributed by atoms with Crippen LogP contribution in [-0.4, -0.2) is 18.4 Å². The second kappa shape index (κ2) is 5.78. The van der Waals surface area contributed by atoms with Crippen molar-refractivity contribution in [1.82, 2.24) is 5.32 Å². The van der Waals surface area contributed by atoms with Crippen molar-refractivity contribution in [1.29, 1.82) is 0 Å². The molecule has 1 N–H and O–H groups in total. The first-order valence-electron chi connectivity index (χ1n) is 8.43. The molecule has 1 atom stereocenters. The van der Waals surface area contributed by atoms with Gasteiger partial charge >= 0.3 is 0 Å². The molecule has 1 aliphatic heterocycles. The van der Waals surface area contributed by atoms with Crippen LogP contribution in [0.5, 0.6) is 0 Å². The van der Waals surface area contributed by atoms with Gasteiger partial charge in [-0.1, -0.05) is 24.3 Å². The molecule has 0 saturated carbocycles. The normalized spacial score (nSPS) is 18.2. The number of nitrogens with zero attached hydrogens (tertiary/aromatic N) is 1. The third-order valence-corrected chi connectivity index (χ3v) is 5.06. The van der Waals surface area contributed by atoms with Crippen molar-refractivity contribution in [2.75, 3.05) is 11.4 Å². The largest absolute Gasteiger partial charge is 0.345 e. The summed E-state index contributed by atoms with van der Waals surface area (Å²) in [5.41, 5.74) is 5.24. The fourth-order valence-electron chi connectivity index (χ4n) is 3.82. The average molecular weight is 320 g/mol. The number of hydrogen-bond donors (Lipinski definition) is 1. The summed E-state index contributed by atoms with van der Waals surface area (Å²) in [5, 5.41) is 3.16. The average Bonchev–Trinajstić information content (AvgIpc) is 3.18. The second-order valence-corrected chi connectivity index (χ2v) is 6.53. The van der Waals surface area contributed by atoms with E-state index in [2.05, 4.69) is 17.4 Å². The zero-order valence-corrected chi connectivity index (χ0v) is 13.7. The summed E-state index contributed by atoms with van der Waals surface area (Å²) >= 11 is 0. The molecule has 2 aromatic carbocycles. The first-order valence-corrected chi connectivity index (χ1v) is 8.43. The molecule has 0 fully saturated rings. The number of hydrogen-bond acceptors (Lipinski definition) is 2. The molecule has 0 spiro atoms. The van der Waals surface area contributed by atoms with E-state index < -0.39 is 0 Å². The van der Waals surface area contributed by atoms with E-state index in [0.717, 1.165) is 30.5 Å². The monoisotopic (exact) mass is 320 g/mol. The van der Waals surface area contributed by atoms with Gasteiger partial charge in [0.15, 0.2) is 0 Å². The minimum atomic E-state index is -0.0409. The lowest BCUT2D eigenvalue weighted by Crippen LogP contribution is -2.27. The van der Waals surface area contributed by atoms with Crippen molar-refractivity contribution in [3.63, 3.8) is 0 Å². The number of benzene rings is 2. The highest BCUT2D eigenvalue weighted by Crippen LogP contribution is 2.32. The first kappa shape index (κ1) is 14.9. The number of amides is 2. The lowest BCUT2D eigenvalue weighted by atomic mass is 10.1. The number of anilines is 1. The fourth-order valence-corrected chi connectivity index (χ4v) is 3.82. The highest BCUT2D eigenvalue weighted by atomic mass is 16.2. The molecular weight excluding hydrogens is 300 g/mol. The minimum absolute atomic E-state index is 0.0409. The predicted molar refractivity (Wildman–Crippen MR) is 93.1 cm³/mol. The second-order valence-electron chi connectivity index (χ2n) is 6.53. The van der Waals surface area contributed by atoms with Crippen LogP contribution in [0.25, 0.3) is 0 Å². The van der Waals surface area contributed by atoms with E-state index in [4.69, 9.17) is 0 Å². The Morgan fingerprint density at radius 1 is 1.08 bits per heavy atom. The lowest BCUT2D eigenvalue weighted by Gasteiger charge is -2.16. The van der Waals surface area contributed by atoms with Crippen LogP contribution < -0.4 is 10.2 Å². The van der Waals surface area contributed by atoms with Crippen LogP contribution in [0.2, 0.25) is 0 Å². The Labute approximate surface area is 141 Å². The summed E-state index contributed by atoms with van der Waals surface area (Å²) in [5.74, 6) is 0.00860. The highest BCUT2D eigenvalue weighted by Gasteiger charge is 2.26. The number of carbonyl (C=O) groups is 2. The maximum Gasteiger partial charge on any atom is 0.251 e. The van der Waals surface area contributed by atoms with Gasteiger partial charge in [-0.05, 0) is 54.2 Å². The van der Waals surface area contributed by atoms with E-state index in [1.807, 2.05) is 30.3 Å². The van der Waals surface area contributed by atoms with Crippen LogP contribution in [0.4, 0.5) is 5.69 Å². The van der Waals surface area contributed by atoms with Crippen LogP contribution in [0.3, 0.4) is 0 Å². The Hall–Kier alpha value is -2.62. The number of carbonyl (C=O) groups excluding carboxylic acids is 2. The molecule has 0 aromatic heterocycles. The maximum atomic E-state index is 12.6. The molecule has 1 unspecified atom stereocenters. The molecule has 0 saturated heterocycles. The van der Waals surface area contributed by atoms with Crippen LogP contribution in [0.15, 0.2) is 42.5 Å². The van der Waals surface area contributed by atoms with Crippen LogP contribution in [0, 0.1) is 0 Å². The van der Waals surface area contributed by atoms with E-state index in [1.165, 1.54) is 11.1 Å². The summed E-state index contributed by atoms with van der Waals surface area (Å²) in [7, 11) is 0. The molecule has 1 aliphatic carbocycles. The first-order chi connectivity index (χ1) is 11.6. The van der Waals surface area contributed by atoms with E-state index in [1.54, 1.807) is 11.8 Å². The molecule has 0 bridgehead atoms. The summed E-state index contributed by atoms with van der Waals surface area (Å²) in [6.45, 7) is 2.28. The standard InChI is InChI=1S/C20H20N2O2/c1-13(23)22-11-10-15-12-16(7-9-19(15)22)20(24)21-18-8-6-14-4-2-3-5-17(14)18/h2-5,7,9,12,18H,6,8,10-11H2,1H3,(H,21,24). The van der Waals surface area contributed by atoms with Crippen LogP contribution in [-0.2, 0) is 17.6 Å². The Balaban J connectivity index is 1.53. The zero-order chi connectivity index (χ0) is 16.7. The van der Waals surface area contributed by atoms with Gasteiger partial charge in [0, 0.05) is 24.7 Å². The Morgan fingerprint density at radius 2 is 1.92 bits per heavy atom. The molecule has 2 aromatic rings. The highest BCUT2D eigenvalue weighted by molar-refractivity contribution is 5.98. The summed E-state index contributed by atoms with van der Waals surface area (Å²) < 4.78 is 0. The number of fused-ring (bicyclic) bond motifs is 2. The number of aryl methyl sites for hydroxylation is 1. The van der Waals surface area contributed by atoms with Crippen LogP contribution in [0.1, 0.15) is 46.4 Å². The van der Waals surface area contributed by atoms with Crippen molar-refractivity contribution < 1.29 is 9.59 Å². The molecule has 2 aliphatic rings. The third kappa shape index (κ3) is 2.48. The van der Waals surface area contributed by atoms with E-state index >= 15 is 0 Å². The van der Waals surface area contributed by atoms with Gasteiger partial charge in [0.05, 0.1) is 6.04 Å². The fraction of sp³-hybridized carbons (Fsp3) is 0.300. The summed E-state index contributed by atoms with van der Waals surface area (Å²) in [4.78, 5) is 26.0. The molecule has 4 rings (SSSR count). The van der Waals surface area contributed by atoms with Gasteiger partial charge in [-0.2, -0.15) is 0 Å². The Morgan fingerprint density at radius 3 is 2.75 bits per heavy atom. The maximum absolute atomic E-state index is 12.6. The topological polar surface area (TPSA) is 49.4 Å². The molecule has 4 nitrogen and oxygen atoms in total. The van der Waals surface area contributed by atoms with E-state index in [0.29, 0.717) is 12.1 Å². The van der Waals surface area contributed by atoms with Crippen LogP contribution >= 0.6 is 0 Å². The van der Waals surface area contributed by atoms with Crippen molar-refractivity contribution in [3.8, 4) is 0 Å². The predicted octanol–water partition coefficient (Wildman–Crippen LogP) is 3.01.